The topological polar surface area (TPSA) is 34.9 Å². The number of carbonyl (C=O) groups is 1. The lowest BCUT2D eigenvalue weighted by molar-refractivity contribution is 0.108. The van der Waals surface area contributed by atoms with Crippen molar-refractivity contribution in [2.75, 3.05) is 0 Å². The van der Waals surface area contributed by atoms with Gasteiger partial charge in [0.2, 0.25) is 0 Å². The Kier molecular flexibility index (Phi) is 2.56. The maximum absolute atomic E-state index is 11.0. The molecule has 0 radical (unpaired) electrons. The predicted octanol–water partition coefficient (Wildman–Crippen LogP) is 2.56. The van der Waals surface area contributed by atoms with Gasteiger partial charge in [-0.1, -0.05) is 0 Å². The van der Waals surface area contributed by atoms with Gasteiger partial charge in [-0.25, -0.2) is 4.68 Å². The highest BCUT2D eigenvalue weighted by atomic mass is 35.5. The third kappa shape index (κ3) is 1.92. The first-order valence-corrected chi connectivity index (χ1v) is 4.87. The lowest BCUT2D eigenvalue weighted by Gasteiger charge is -2.05. The van der Waals surface area contributed by atoms with E-state index in [9.17, 15) is 4.79 Å². The van der Waals surface area contributed by atoms with Crippen LogP contribution in [-0.4, -0.2) is 15.0 Å². The number of hydrogen-bond acceptors (Lipinski definition) is 2. The van der Waals surface area contributed by atoms with Crippen molar-refractivity contribution in [1.82, 2.24) is 9.78 Å². The van der Waals surface area contributed by atoms with Crippen LogP contribution in [-0.2, 0) is 0 Å². The summed E-state index contributed by atoms with van der Waals surface area (Å²) in [7, 11) is 0. The van der Waals surface area contributed by atoms with Gasteiger partial charge in [-0.05, 0) is 48.4 Å². The molecule has 0 unspecified atom stereocenters. The zero-order valence-corrected chi connectivity index (χ0v) is 8.90. The van der Waals surface area contributed by atoms with E-state index in [4.69, 9.17) is 11.6 Å². The third-order valence-corrected chi connectivity index (χ3v) is 2.39. The summed E-state index contributed by atoms with van der Waals surface area (Å²) in [6.07, 6.45) is 3.55. The van der Waals surface area contributed by atoms with Crippen LogP contribution in [0.25, 0.3) is 5.69 Å². The number of aryl methyl sites for hydroxylation is 1. The van der Waals surface area contributed by atoms with E-state index in [0.717, 1.165) is 11.3 Å². The number of aromatic nitrogens is 2. The predicted molar refractivity (Wildman–Crippen MR) is 58.5 cm³/mol. The number of rotatable bonds is 2. The molecule has 0 saturated carbocycles. The Balaban J connectivity index is 2.47. The second kappa shape index (κ2) is 3.87. The van der Waals surface area contributed by atoms with Crippen LogP contribution in [0.2, 0.25) is 0 Å². The summed E-state index contributed by atoms with van der Waals surface area (Å²) in [5.41, 5.74) is 2.30. The van der Waals surface area contributed by atoms with Gasteiger partial charge in [0.05, 0.1) is 5.69 Å². The average molecular weight is 221 g/mol. The Morgan fingerprint density at radius 2 is 2.27 bits per heavy atom. The Morgan fingerprint density at radius 3 is 2.80 bits per heavy atom. The van der Waals surface area contributed by atoms with Gasteiger partial charge >= 0.3 is 0 Å². The summed E-state index contributed by atoms with van der Waals surface area (Å²) >= 11 is 5.42. The summed E-state index contributed by atoms with van der Waals surface area (Å²) in [5, 5.41) is 3.67. The molecule has 1 heterocycles. The van der Waals surface area contributed by atoms with E-state index in [0.29, 0.717) is 5.56 Å². The van der Waals surface area contributed by atoms with Crippen LogP contribution >= 0.6 is 11.6 Å². The fraction of sp³-hybridized carbons (Fsp3) is 0.0909. The monoisotopic (exact) mass is 220 g/mol. The van der Waals surface area contributed by atoms with Gasteiger partial charge in [0.1, 0.15) is 0 Å². The van der Waals surface area contributed by atoms with Crippen LogP contribution in [0.4, 0.5) is 0 Å². The standard InChI is InChI=1S/C11H9ClN2O/c1-8-7-9(14-6-2-5-13-14)3-4-10(8)11(12)15/h2-7H,1H3. The molecule has 15 heavy (non-hydrogen) atoms. The van der Waals surface area contributed by atoms with Gasteiger partial charge in [-0.3, -0.25) is 4.79 Å². The first-order chi connectivity index (χ1) is 7.18. The van der Waals surface area contributed by atoms with Crippen molar-refractivity contribution in [3.63, 3.8) is 0 Å². The molecule has 0 aliphatic heterocycles. The zero-order valence-electron chi connectivity index (χ0n) is 8.14. The molecule has 4 heteroatoms. The van der Waals surface area contributed by atoms with Crippen LogP contribution in [0.1, 0.15) is 15.9 Å². The van der Waals surface area contributed by atoms with Crippen LogP contribution in [0, 0.1) is 6.92 Å². The quantitative estimate of drug-likeness (QED) is 0.729. The first-order valence-electron chi connectivity index (χ1n) is 4.49. The maximum atomic E-state index is 11.0. The molecule has 0 amide bonds. The molecule has 0 atom stereocenters. The Morgan fingerprint density at radius 1 is 1.47 bits per heavy atom. The van der Waals surface area contributed by atoms with Crippen molar-refractivity contribution in [1.29, 1.82) is 0 Å². The highest BCUT2D eigenvalue weighted by Gasteiger charge is 2.06. The minimum atomic E-state index is -0.431. The third-order valence-electron chi connectivity index (χ3n) is 2.19. The minimum Gasteiger partial charge on any atom is -0.276 e. The summed E-state index contributed by atoms with van der Waals surface area (Å²) in [4.78, 5) is 11.0. The Labute approximate surface area is 92.3 Å². The second-order valence-corrected chi connectivity index (χ2v) is 3.57. The number of benzene rings is 1. The summed E-state index contributed by atoms with van der Waals surface area (Å²) in [5.74, 6) is 0. The molecule has 0 spiro atoms. The molecule has 0 fully saturated rings. The van der Waals surface area contributed by atoms with Gasteiger partial charge in [-0.2, -0.15) is 5.10 Å². The second-order valence-electron chi connectivity index (χ2n) is 3.22. The number of halogens is 1. The fourth-order valence-electron chi connectivity index (χ4n) is 1.43. The number of hydrogen-bond donors (Lipinski definition) is 0. The summed E-state index contributed by atoms with van der Waals surface area (Å²) < 4.78 is 1.73. The molecule has 1 aromatic carbocycles. The summed E-state index contributed by atoms with van der Waals surface area (Å²) in [6, 6.07) is 7.25. The number of carbonyl (C=O) groups excluding carboxylic acids is 1. The maximum Gasteiger partial charge on any atom is 0.252 e. The summed E-state index contributed by atoms with van der Waals surface area (Å²) in [6.45, 7) is 1.85. The fourth-order valence-corrected chi connectivity index (χ4v) is 1.64. The van der Waals surface area contributed by atoms with Gasteiger partial charge in [-0.15, -0.1) is 0 Å². The van der Waals surface area contributed by atoms with E-state index in [1.165, 1.54) is 0 Å². The molecule has 76 valence electrons. The van der Waals surface area contributed by atoms with Crippen LogP contribution in [0.5, 0.6) is 0 Å². The van der Waals surface area contributed by atoms with Crippen molar-refractivity contribution in [2.24, 2.45) is 0 Å². The highest BCUT2D eigenvalue weighted by molar-refractivity contribution is 6.67. The van der Waals surface area contributed by atoms with Gasteiger partial charge in [0.25, 0.3) is 5.24 Å². The van der Waals surface area contributed by atoms with Crippen molar-refractivity contribution in [3.05, 3.63) is 47.8 Å². The van der Waals surface area contributed by atoms with Crippen molar-refractivity contribution < 1.29 is 4.79 Å². The van der Waals surface area contributed by atoms with E-state index >= 15 is 0 Å². The molecule has 0 N–H and O–H groups in total. The van der Waals surface area contributed by atoms with Crippen LogP contribution in [0.15, 0.2) is 36.7 Å². The molecule has 0 aliphatic carbocycles. The molecule has 0 bridgehead atoms. The van der Waals surface area contributed by atoms with E-state index in [-0.39, 0.29) is 0 Å². The van der Waals surface area contributed by atoms with E-state index in [1.54, 1.807) is 16.9 Å². The zero-order chi connectivity index (χ0) is 10.8. The van der Waals surface area contributed by atoms with Crippen LogP contribution in [0.3, 0.4) is 0 Å². The molecular formula is C11H9ClN2O. The molecule has 1 aromatic heterocycles. The molecule has 0 saturated heterocycles. The normalized spacial score (nSPS) is 10.3. The first kappa shape index (κ1) is 9.93. The lowest BCUT2D eigenvalue weighted by Crippen LogP contribution is -1.98. The molecule has 3 nitrogen and oxygen atoms in total. The minimum absolute atomic E-state index is 0.431. The number of nitrogens with zero attached hydrogens (tertiary/aromatic N) is 2. The Hall–Kier alpha value is -1.61. The van der Waals surface area contributed by atoms with Crippen LogP contribution < -0.4 is 0 Å². The average Bonchev–Trinajstić information content (AvgIpc) is 2.69. The van der Waals surface area contributed by atoms with Gasteiger partial charge in [0.15, 0.2) is 0 Å². The van der Waals surface area contributed by atoms with Gasteiger partial charge < -0.3 is 0 Å². The molecule has 2 aromatic rings. The van der Waals surface area contributed by atoms with E-state index < -0.39 is 5.24 Å². The Bertz CT molecular complexity index is 491. The van der Waals surface area contributed by atoms with Gasteiger partial charge in [0, 0.05) is 18.0 Å². The van der Waals surface area contributed by atoms with E-state index in [1.807, 2.05) is 31.3 Å². The SMILES string of the molecule is Cc1cc(-n2cccn2)ccc1C(=O)Cl. The van der Waals surface area contributed by atoms with Crippen molar-refractivity contribution in [3.8, 4) is 5.69 Å². The van der Waals surface area contributed by atoms with E-state index in [2.05, 4.69) is 5.10 Å². The highest BCUT2D eigenvalue weighted by Crippen LogP contribution is 2.15. The molecule has 2 rings (SSSR count). The molecule has 0 aliphatic rings. The lowest BCUT2D eigenvalue weighted by atomic mass is 10.1. The van der Waals surface area contributed by atoms with Crippen molar-refractivity contribution >= 4 is 16.8 Å². The van der Waals surface area contributed by atoms with Crippen molar-refractivity contribution in [2.45, 2.75) is 6.92 Å². The smallest absolute Gasteiger partial charge is 0.252 e. The largest absolute Gasteiger partial charge is 0.276 e. The molecular weight excluding hydrogens is 212 g/mol.